The van der Waals surface area contributed by atoms with Gasteiger partial charge in [0.2, 0.25) is 5.91 Å². The largest absolute Gasteiger partial charge is 0.481 e. The van der Waals surface area contributed by atoms with Gasteiger partial charge in [0, 0.05) is 36.8 Å². The van der Waals surface area contributed by atoms with Crippen molar-refractivity contribution >= 4 is 11.9 Å². The van der Waals surface area contributed by atoms with Crippen LogP contribution in [0.15, 0.2) is 60.0 Å². The Morgan fingerprint density at radius 3 is 2.30 bits per heavy atom. The molecule has 2 atom stereocenters. The van der Waals surface area contributed by atoms with Gasteiger partial charge in [-0.1, -0.05) is 19.8 Å². The van der Waals surface area contributed by atoms with Crippen LogP contribution < -0.4 is 10.9 Å². The highest BCUT2D eigenvalue weighted by atomic mass is 19.4. The summed E-state index contributed by atoms with van der Waals surface area (Å²) < 4.78 is 74.9. The van der Waals surface area contributed by atoms with Gasteiger partial charge in [-0.2, -0.15) is 13.2 Å². The third-order valence-electron chi connectivity index (χ3n) is 8.22. The number of aliphatic carboxylic acids is 1. The number of hydrogen-bond donors (Lipinski definition) is 2. The van der Waals surface area contributed by atoms with E-state index in [1.54, 1.807) is 38.5 Å². The number of alkyl halides is 3. The second kappa shape index (κ2) is 15.5. The number of carboxylic acids is 1. The number of aryl methyl sites for hydroxylation is 4. The van der Waals surface area contributed by atoms with E-state index in [-0.39, 0.29) is 42.0 Å². The van der Waals surface area contributed by atoms with Crippen molar-refractivity contribution in [3.63, 3.8) is 0 Å². The third kappa shape index (κ3) is 8.85. The molecular formula is C37H37F5N4O4. The van der Waals surface area contributed by atoms with Gasteiger partial charge < -0.3 is 19.6 Å². The standard InChI is InChI=1S/C37H37F5N4O4/c1-6-7-24-15-26(34-22(4)13-27(38)14-23(34)5)16-28(35(24)39)30(18-33(48)49)44-36(50)31(12-21(2)3)46-19-25(8-10-45-11-9-43-20-45)29(17-32(46)47)37(40,41)42/h9,11,13-17,19-21,30-31H,8,10,12,18H2,1-5H3,(H,44,50)(H,48,49)/t30-,31-/m0/s1. The first-order chi connectivity index (χ1) is 23.5. The zero-order valence-corrected chi connectivity index (χ0v) is 28.2. The van der Waals surface area contributed by atoms with Crippen LogP contribution in [0.4, 0.5) is 22.0 Å². The van der Waals surface area contributed by atoms with E-state index in [2.05, 4.69) is 22.1 Å². The number of nitrogens with one attached hydrogen (secondary N) is 1. The number of aromatic nitrogens is 3. The Hall–Kier alpha value is -5.25. The molecule has 50 heavy (non-hydrogen) atoms. The summed E-state index contributed by atoms with van der Waals surface area (Å²) in [7, 11) is 0. The zero-order valence-electron chi connectivity index (χ0n) is 28.2. The SMILES string of the molecule is CC#Cc1cc(-c2c(C)cc(F)cc2C)cc([C@H](CC(=O)O)NC(=O)[C@H](CC(C)C)n2cc(CCn3ccnc3)c(C(F)(F)F)cc2=O)c1F. The van der Waals surface area contributed by atoms with Crippen molar-refractivity contribution in [2.24, 2.45) is 5.92 Å². The van der Waals surface area contributed by atoms with Crippen molar-refractivity contribution < 1.29 is 36.6 Å². The van der Waals surface area contributed by atoms with Gasteiger partial charge in [-0.25, -0.2) is 13.8 Å². The van der Waals surface area contributed by atoms with E-state index in [4.69, 9.17) is 0 Å². The van der Waals surface area contributed by atoms with Crippen molar-refractivity contribution in [3.05, 3.63) is 111 Å². The molecule has 0 spiro atoms. The zero-order chi connectivity index (χ0) is 36.9. The number of hydrogen-bond acceptors (Lipinski definition) is 4. The molecule has 0 radical (unpaired) electrons. The van der Waals surface area contributed by atoms with Crippen LogP contribution in [-0.4, -0.2) is 31.1 Å². The van der Waals surface area contributed by atoms with E-state index in [1.165, 1.54) is 43.7 Å². The molecule has 264 valence electrons. The molecule has 0 aliphatic rings. The van der Waals surface area contributed by atoms with Crippen molar-refractivity contribution in [3.8, 4) is 23.0 Å². The van der Waals surface area contributed by atoms with E-state index < -0.39 is 59.3 Å². The molecule has 0 bridgehead atoms. The first-order valence-electron chi connectivity index (χ1n) is 15.8. The van der Waals surface area contributed by atoms with Crippen LogP contribution in [0.5, 0.6) is 0 Å². The van der Waals surface area contributed by atoms with E-state index in [0.717, 1.165) is 10.8 Å². The number of carbonyl (C=O) groups excluding carboxylic acids is 1. The molecule has 2 aromatic carbocycles. The van der Waals surface area contributed by atoms with Crippen LogP contribution in [0.3, 0.4) is 0 Å². The number of imidazole rings is 1. The average Bonchev–Trinajstić information content (AvgIpc) is 3.53. The second-order valence-corrected chi connectivity index (χ2v) is 12.5. The molecule has 0 fully saturated rings. The molecule has 0 saturated heterocycles. The van der Waals surface area contributed by atoms with Gasteiger partial charge in [0.15, 0.2) is 0 Å². The predicted molar refractivity (Wildman–Crippen MR) is 177 cm³/mol. The van der Waals surface area contributed by atoms with Crippen LogP contribution in [0.2, 0.25) is 0 Å². The topological polar surface area (TPSA) is 106 Å². The summed E-state index contributed by atoms with van der Waals surface area (Å²) in [4.78, 5) is 43.3. The number of carboxylic acid groups (broad SMARTS) is 1. The van der Waals surface area contributed by atoms with Gasteiger partial charge in [-0.05, 0) is 91.6 Å². The molecule has 0 aliphatic heterocycles. The molecule has 2 N–H and O–H groups in total. The summed E-state index contributed by atoms with van der Waals surface area (Å²) >= 11 is 0. The van der Waals surface area contributed by atoms with Crippen LogP contribution in [0.1, 0.15) is 79.1 Å². The maximum atomic E-state index is 16.1. The van der Waals surface area contributed by atoms with Crippen LogP contribution in [0, 0.1) is 43.2 Å². The van der Waals surface area contributed by atoms with Gasteiger partial charge in [0.25, 0.3) is 5.56 Å². The van der Waals surface area contributed by atoms with E-state index in [9.17, 15) is 37.1 Å². The monoisotopic (exact) mass is 696 g/mol. The quantitative estimate of drug-likeness (QED) is 0.121. The van der Waals surface area contributed by atoms with Crippen molar-refractivity contribution in [1.82, 2.24) is 19.4 Å². The van der Waals surface area contributed by atoms with Gasteiger partial charge >= 0.3 is 12.1 Å². The Kier molecular flexibility index (Phi) is 11.7. The summed E-state index contributed by atoms with van der Waals surface area (Å²) in [5.74, 6) is 1.39. The average molecular weight is 697 g/mol. The number of benzene rings is 2. The minimum Gasteiger partial charge on any atom is -0.481 e. The van der Waals surface area contributed by atoms with E-state index >= 15 is 4.39 Å². The third-order valence-corrected chi connectivity index (χ3v) is 8.22. The minimum absolute atomic E-state index is 0.0130. The van der Waals surface area contributed by atoms with Crippen molar-refractivity contribution in [1.29, 1.82) is 0 Å². The Morgan fingerprint density at radius 2 is 1.74 bits per heavy atom. The summed E-state index contributed by atoms with van der Waals surface area (Å²) in [6, 6.07) is 3.01. The molecule has 2 heterocycles. The summed E-state index contributed by atoms with van der Waals surface area (Å²) in [5.41, 5.74) is -0.759. The summed E-state index contributed by atoms with van der Waals surface area (Å²) in [6.07, 6.45) is -0.299. The van der Waals surface area contributed by atoms with E-state index in [1.807, 2.05) is 0 Å². The van der Waals surface area contributed by atoms with Gasteiger partial charge in [0.05, 0.1) is 29.9 Å². The lowest BCUT2D eigenvalue weighted by atomic mass is 9.90. The number of pyridine rings is 1. The van der Waals surface area contributed by atoms with E-state index in [0.29, 0.717) is 28.3 Å². The molecule has 0 aliphatic carbocycles. The first-order valence-corrected chi connectivity index (χ1v) is 15.8. The van der Waals surface area contributed by atoms with Crippen LogP contribution in [0.25, 0.3) is 11.1 Å². The number of amides is 1. The number of rotatable bonds is 12. The van der Waals surface area contributed by atoms with Gasteiger partial charge in [0.1, 0.15) is 17.7 Å². The molecular weight excluding hydrogens is 659 g/mol. The molecule has 0 unspecified atom stereocenters. The Bertz CT molecular complexity index is 1980. The maximum Gasteiger partial charge on any atom is 0.416 e. The number of carbonyl (C=O) groups is 2. The Morgan fingerprint density at radius 1 is 1.06 bits per heavy atom. The number of halogens is 5. The highest BCUT2D eigenvalue weighted by Crippen LogP contribution is 2.35. The molecule has 2 aromatic heterocycles. The fraction of sp³-hybridized carbons (Fsp3) is 0.351. The van der Waals surface area contributed by atoms with Crippen molar-refractivity contribution in [2.45, 2.75) is 78.7 Å². The van der Waals surface area contributed by atoms with Crippen LogP contribution in [-0.2, 0) is 28.7 Å². The molecule has 4 aromatic rings. The van der Waals surface area contributed by atoms with Crippen molar-refractivity contribution in [2.75, 3.05) is 0 Å². The molecule has 8 nitrogen and oxygen atoms in total. The second-order valence-electron chi connectivity index (χ2n) is 12.5. The van der Waals surface area contributed by atoms with Gasteiger partial charge in [-0.3, -0.25) is 14.4 Å². The lowest BCUT2D eigenvalue weighted by Gasteiger charge is -2.27. The molecule has 0 saturated carbocycles. The fourth-order valence-corrected chi connectivity index (χ4v) is 6.08. The smallest absolute Gasteiger partial charge is 0.416 e. The fourth-order valence-electron chi connectivity index (χ4n) is 6.08. The summed E-state index contributed by atoms with van der Waals surface area (Å²) in [5, 5.41) is 12.4. The highest BCUT2D eigenvalue weighted by molar-refractivity contribution is 5.82. The number of nitrogens with zero attached hydrogens (tertiary/aromatic N) is 3. The lowest BCUT2D eigenvalue weighted by molar-refractivity contribution is -0.139. The maximum absolute atomic E-state index is 16.1. The minimum atomic E-state index is -4.85. The highest BCUT2D eigenvalue weighted by Gasteiger charge is 2.36. The lowest BCUT2D eigenvalue weighted by Crippen LogP contribution is -2.41. The normalized spacial score (nSPS) is 12.7. The summed E-state index contributed by atoms with van der Waals surface area (Å²) in [6.45, 7) is 8.41. The first kappa shape index (κ1) is 37.6. The van der Waals surface area contributed by atoms with Gasteiger partial charge in [-0.15, -0.1) is 5.92 Å². The molecule has 4 rings (SSSR count). The Balaban J connectivity index is 1.83. The predicted octanol–water partition coefficient (Wildman–Crippen LogP) is 7.16. The Labute approximate surface area is 286 Å². The molecule has 1 amide bonds. The molecule has 13 heteroatoms. The van der Waals surface area contributed by atoms with Crippen LogP contribution >= 0.6 is 0 Å².